The molecule has 0 aliphatic rings. The Morgan fingerprint density at radius 3 is 2.81 bits per heavy atom. The monoisotopic (exact) mass is 279 g/mol. The van der Waals surface area contributed by atoms with E-state index in [4.69, 9.17) is 0 Å². The standard InChI is InChI=1S/C11H10BrN3O/c1-15(2)11(16)9-4-3-7-5-8(12)6-13-10(7)14-9/h3-6H,1-2H3. The van der Waals surface area contributed by atoms with Crippen LogP contribution in [0.15, 0.2) is 28.9 Å². The maximum absolute atomic E-state index is 11.7. The van der Waals surface area contributed by atoms with Gasteiger partial charge in [0.15, 0.2) is 5.65 Å². The van der Waals surface area contributed by atoms with Crippen LogP contribution in [0, 0.1) is 0 Å². The van der Waals surface area contributed by atoms with Crippen molar-refractivity contribution in [3.05, 3.63) is 34.6 Å². The van der Waals surface area contributed by atoms with Gasteiger partial charge in [0.2, 0.25) is 0 Å². The molecule has 0 aliphatic heterocycles. The third-order valence-corrected chi connectivity index (χ3v) is 2.57. The van der Waals surface area contributed by atoms with Crippen LogP contribution >= 0.6 is 15.9 Å². The van der Waals surface area contributed by atoms with E-state index in [1.807, 2.05) is 12.1 Å². The van der Waals surface area contributed by atoms with Gasteiger partial charge < -0.3 is 4.90 Å². The number of amides is 1. The van der Waals surface area contributed by atoms with E-state index >= 15 is 0 Å². The first-order valence-corrected chi connectivity index (χ1v) is 5.51. The summed E-state index contributed by atoms with van der Waals surface area (Å²) in [6, 6.07) is 5.47. The summed E-state index contributed by atoms with van der Waals surface area (Å²) in [5.74, 6) is -0.119. The second-order valence-corrected chi connectivity index (χ2v) is 4.51. The van der Waals surface area contributed by atoms with E-state index in [2.05, 4.69) is 25.9 Å². The summed E-state index contributed by atoms with van der Waals surface area (Å²) in [6.07, 6.45) is 1.67. The Kier molecular flexibility index (Phi) is 2.87. The van der Waals surface area contributed by atoms with E-state index in [-0.39, 0.29) is 5.91 Å². The summed E-state index contributed by atoms with van der Waals surface area (Å²) < 4.78 is 0.897. The van der Waals surface area contributed by atoms with Gasteiger partial charge in [-0.2, -0.15) is 0 Å². The maximum Gasteiger partial charge on any atom is 0.272 e. The van der Waals surface area contributed by atoms with Gasteiger partial charge in [-0.1, -0.05) is 0 Å². The van der Waals surface area contributed by atoms with Gasteiger partial charge in [-0.15, -0.1) is 0 Å². The minimum atomic E-state index is -0.119. The zero-order valence-electron chi connectivity index (χ0n) is 8.94. The molecule has 2 rings (SSSR count). The molecule has 5 heteroatoms. The third kappa shape index (κ3) is 2.04. The molecule has 0 aliphatic carbocycles. The molecule has 0 N–H and O–H groups in total. The second kappa shape index (κ2) is 4.17. The molecule has 0 saturated carbocycles. The van der Waals surface area contributed by atoms with Gasteiger partial charge >= 0.3 is 0 Å². The van der Waals surface area contributed by atoms with Crippen LogP contribution in [0.5, 0.6) is 0 Å². The van der Waals surface area contributed by atoms with Crippen LogP contribution in [0.25, 0.3) is 11.0 Å². The van der Waals surface area contributed by atoms with Gasteiger partial charge in [0.1, 0.15) is 5.69 Å². The van der Waals surface area contributed by atoms with Crippen LogP contribution in [0.1, 0.15) is 10.5 Å². The average Bonchev–Trinajstić information content (AvgIpc) is 2.27. The minimum Gasteiger partial charge on any atom is -0.343 e. The van der Waals surface area contributed by atoms with Crippen LogP contribution < -0.4 is 0 Å². The zero-order valence-corrected chi connectivity index (χ0v) is 10.5. The molecule has 4 nitrogen and oxygen atoms in total. The normalized spacial score (nSPS) is 10.4. The first-order chi connectivity index (χ1) is 7.58. The van der Waals surface area contributed by atoms with Gasteiger partial charge in [0, 0.05) is 30.2 Å². The van der Waals surface area contributed by atoms with Crippen molar-refractivity contribution in [2.75, 3.05) is 14.1 Å². The quantitative estimate of drug-likeness (QED) is 0.803. The summed E-state index contributed by atoms with van der Waals surface area (Å²) >= 11 is 3.34. The molecule has 0 spiro atoms. The Morgan fingerprint density at radius 1 is 1.38 bits per heavy atom. The highest BCUT2D eigenvalue weighted by molar-refractivity contribution is 9.10. The van der Waals surface area contributed by atoms with Crippen molar-refractivity contribution in [3.63, 3.8) is 0 Å². The number of rotatable bonds is 1. The SMILES string of the molecule is CN(C)C(=O)c1ccc2cc(Br)cnc2n1. The van der Waals surface area contributed by atoms with Crippen molar-refractivity contribution >= 4 is 32.9 Å². The van der Waals surface area contributed by atoms with Gasteiger partial charge in [0.25, 0.3) is 5.91 Å². The molecule has 0 unspecified atom stereocenters. The molecule has 0 atom stereocenters. The number of halogens is 1. The number of hydrogen-bond acceptors (Lipinski definition) is 3. The molecule has 2 aromatic rings. The molecule has 0 fully saturated rings. The molecule has 0 radical (unpaired) electrons. The lowest BCUT2D eigenvalue weighted by Gasteiger charge is -2.09. The zero-order chi connectivity index (χ0) is 11.7. The van der Waals surface area contributed by atoms with E-state index in [1.54, 1.807) is 26.4 Å². The molecule has 0 bridgehead atoms. The van der Waals surface area contributed by atoms with Crippen LogP contribution in [-0.2, 0) is 0 Å². The first kappa shape index (κ1) is 11.0. The molecule has 2 aromatic heterocycles. The van der Waals surface area contributed by atoms with Crippen LogP contribution in [0.3, 0.4) is 0 Å². The minimum absolute atomic E-state index is 0.119. The van der Waals surface area contributed by atoms with Crippen molar-refractivity contribution in [1.82, 2.24) is 14.9 Å². The Bertz CT molecular complexity index is 554. The maximum atomic E-state index is 11.7. The predicted octanol–water partition coefficient (Wildman–Crippen LogP) is 2.09. The number of aromatic nitrogens is 2. The smallest absolute Gasteiger partial charge is 0.272 e. The highest BCUT2D eigenvalue weighted by Crippen LogP contribution is 2.16. The fourth-order valence-electron chi connectivity index (χ4n) is 1.33. The second-order valence-electron chi connectivity index (χ2n) is 3.60. The summed E-state index contributed by atoms with van der Waals surface area (Å²) in [4.78, 5) is 21.5. The number of hydrogen-bond donors (Lipinski definition) is 0. The summed E-state index contributed by atoms with van der Waals surface area (Å²) in [7, 11) is 3.40. The van der Waals surface area contributed by atoms with Gasteiger partial charge in [-0.3, -0.25) is 4.79 Å². The molecule has 2 heterocycles. The van der Waals surface area contributed by atoms with Crippen LogP contribution in [0.2, 0.25) is 0 Å². The molecule has 82 valence electrons. The highest BCUT2D eigenvalue weighted by atomic mass is 79.9. The van der Waals surface area contributed by atoms with E-state index < -0.39 is 0 Å². The Balaban J connectivity index is 2.52. The topological polar surface area (TPSA) is 46.1 Å². The van der Waals surface area contributed by atoms with Gasteiger partial charge in [-0.25, -0.2) is 9.97 Å². The van der Waals surface area contributed by atoms with Crippen LogP contribution in [0.4, 0.5) is 0 Å². The lowest BCUT2D eigenvalue weighted by atomic mass is 10.2. The largest absolute Gasteiger partial charge is 0.343 e. The Labute approximate surface area is 101 Å². The van der Waals surface area contributed by atoms with E-state index in [1.165, 1.54) is 4.90 Å². The molecule has 0 aromatic carbocycles. The van der Waals surface area contributed by atoms with Crippen molar-refractivity contribution in [1.29, 1.82) is 0 Å². The lowest BCUT2D eigenvalue weighted by molar-refractivity contribution is 0.0822. The number of nitrogens with zero attached hydrogens (tertiary/aromatic N) is 3. The molecular formula is C11H10BrN3O. The Hall–Kier alpha value is -1.49. The number of fused-ring (bicyclic) bond motifs is 1. The van der Waals surface area contributed by atoms with Gasteiger partial charge in [-0.05, 0) is 34.1 Å². The van der Waals surface area contributed by atoms with Crippen molar-refractivity contribution in [2.24, 2.45) is 0 Å². The van der Waals surface area contributed by atoms with E-state index in [0.29, 0.717) is 11.3 Å². The molecule has 0 saturated heterocycles. The molecule has 16 heavy (non-hydrogen) atoms. The summed E-state index contributed by atoms with van der Waals surface area (Å²) in [6.45, 7) is 0. The summed E-state index contributed by atoms with van der Waals surface area (Å²) in [5, 5.41) is 0.907. The molecular weight excluding hydrogens is 270 g/mol. The fraction of sp³-hybridized carbons (Fsp3) is 0.182. The number of pyridine rings is 2. The first-order valence-electron chi connectivity index (χ1n) is 4.72. The van der Waals surface area contributed by atoms with Crippen molar-refractivity contribution in [2.45, 2.75) is 0 Å². The number of carbonyl (C=O) groups excluding carboxylic acids is 1. The van der Waals surface area contributed by atoms with E-state index in [9.17, 15) is 4.79 Å². The van der Waals surface area contributed by atoms with Crippen molar-refractivity contribution in [3.8, 4) is 0 Å². The predicted molar refractivity (Wildman–Crippen MR) is 65.3 cm³/mol. The fourth-order valence-corrected chi connectivity index (χ4v) is 1.68. The van der Waals surface area contributed by atoms with Gasteiger partial charge in [0.05, 0.1) is 0 Å². The average molecular weight is 280 g/mol. The van der Waals surface area contributed by atoms with Crippen LogP contribution in [-0.4, -0.2) is 34.9 Å². The van der Waals surface area contributed by atoms with Crippen molar-refractivity contribution < 1.29 is 4.79 Å². The number of carbonyl (C=O) groups is 1. The molecule has 1 amide bonds. The van der Waals surface area contributed by atoms with E-state index in [0.717, 1.165) is 9.86 Å². The highest BCUT2D eigenvalue weighted by Gasteiger charge is 2.10. The summed E-state index contributed by atoms with van der Waals surface area (Å²) in [5.41, 5.74) is 0.989. The lowest BCUT2D eigenvalue weighted by Crippen LogP contribution is -2.22. The third-order valence-electron chi connectivity index (χ3n) is 2.13. The Morgan fingerprint density at radius 2 is 2.12 bits per heavy atom.